The Bertz CT molecular complexity index is 690. The van der Waals surface area contributed by atoms with E-state index in [9.17, 15) is 4.39 Å². The highest BCUT2D eigenvalue weighted by atomic mass is 127. The van der Waals surface area contributed by atoms with E-state index >= 15 is 0 Å². The Balaban J connectivity index is 0.00000225. The molecule has 1 unspecified atom stereocenters. The third kappa shape index (κ3) is 5.42. The molecule has 25 heavy (non-hydrogen) atoms. The van der Waals surface area contributed by atoms with Crippen LogP contribution in [0.3, 0.4) is 0 Å². The number of guanidine groups is 1. The number of aliphatic imine (C=N–C) groups is 1. The van der Waals surface area contributed by atoms with Crippen molar-refractivity contribution in [2.45, 2.75) is 18.8 Å². The summed E-state index contributed by atoms with van der Waals surface area (Å²) in [5.41, 5.74) is 2.40. The van der Waals surface area contributed by atoms with Gasteiger partial charge in [-0.15, -0.1) is 24.0 Å². The summed E-state index contributed by atoms with van der Waals surface area (Å²) in [7, 11) is 1.82. The number of halogens is 2. The van der Waals surface area contributed by atoms with E-state index in [1.165, 1.54) is 11.6 Å². The van der Waals surface area contributed by atoms with Gasteiger partial charge < -0.3 is 10.2 Å². The first-order valence-electron chi connectivity index (χ1n) is 8.51. The molecule has 1 saturated heterocycles. The van der Waals surface area contributed by atoms with Gasteiger partial charge in [-0.3, -0.25) is 4.99 Å². The fraction of sp³-hybridized carbons (Fsp3) is 0.350. The number of rotatable bonds is 4. The topological polar surface area (TPSA) is 27.6 Å². The van der Waals surface area contributed by atoms with Crippen molar-refractivity contribution in [2.75, 3.05) is 26.7 Å². The number of benzene rings is 2. The minimum atomic E-state index is -0.179. The molecule has 0 spiro atoms. The second-order valence-corrected chi connectivity index (χ2v) is 6.20. The monoisotopic (exact) mass is 453 g/mol. The molecule has 134 valence electrons. The molecule has 2 aromatic rings. The lowest BCUT2D eigenvalue weighted by Gasteiger charge is -2.22. The molecule has 1 atom stereocenters. The van der Waals surface area contributed by atoms with Crippen molar-refractivity contribution in [1.29, 1.82) is 0 Å². The summed E-state index contributed by atoms with van der Waals surface area (Å²) in [5.74, 6) is 1.32. The van der Waals surface area contributed by atoms with Crippen molar-refractivity contribution in [2.24, 2.45) is 4.99 Å². The van der Waals surface area contributed by atoms with Crippen LogP contribution in [-0.4, -0.2) is 37.5 Å². The molecular weight excluding hydrogens is 428 g/mol. The van der Waals surface area contributed by atoms with E-state index in [1.807, 2.05) is 13.1 Å². The van der Waals surface area contributed by atoms with E-state index in [1.54, 1.807) is 12.1 Å². The number of hydrogen-bond acceptors (Lipinski definition) is 1. The largest absolute Gasteiger partial charge is 0.356 e. The molecule has 1 heterocycles. The number of hydrogen-bond donors (Lipinski definition) is 1. The zero-order valence-corrected chi connectivity index (χ0v) is 16.8. The maximum atomic E-state index is 13.2. The molecule has 1 N–H and O–H groups in total. The van der Waals surface area contributed by atoms with E-state index in [2.05, 4.69) is 45.5 Å². The van der Waals surface area contributed by atoms with Crippen molar-refractivity contribution in [3.63, 3.8) is 0 Å². The average molecular weight is 453 g/mol. The van der Waals surface area contributed by atoms with Gasteiger partial charge in [-0.05, 0) is 36.1 Å². The first-order chi connectivity index (χ1) is 11.8. The molecule has 3 nitrogen and oxygen atoms in total. The fourth-order valence-corrected chi connectivity index (χ4v) is 3.29. The summed E-state index contributed by atoms with van der Waals surface area (Å²) in [4.78, 5) is 6.71. The van der Waals surface area contributed by atoms with Crippen LogP contribution in [0.25, 0.3) is 0 Å². The zero-order valence-electron chi connectivity index (χ0n) is 14.5. The molecule has 0 aliphatic carbocycles. The van der Waals surface area contributed by atoms with E-state index in [4.69, 9.17) is 0 Å². The molecule has 3 rings (SSSR count). The van der Waals surface area contributed by atoms with Crippen LogP contribution in [-0.2, 0) is 6.42 Å². The fourth-order valence-electron chi connectivity index (χ4n) is 3.29. The molecule has 1 aliphatic heterocycles. The van der Waals surface area contributed by atoms with Crippen molar-refractivity contribution < 1.29 is 4.39 Å². The molecule has 0 bridgehead atoms. The highest BCUT2D eigenvalue weighted by Crippen LogP contribution is 2.26. The second kappa shape index (κ2) is 9.75. The second-order valence-electron chi connectivity index (χ2n) is 6.20. The molecule has 0 saturated carbocycles. The van der Waals surface area contributed by atoms with Crippen LogP contribution in [0, 0.1) is 5.82 Å². The minimum Gasteiger partial charge on any atom is -0.356 e. The molecule has 0 radical (unpaired) electrons. The molecule has 0 aromatic heterocycles. The van der Waals surface area contributed by atoms with Crippen molar-refractivity contribution in [3.8, 4) is 0 Å². The summed E-state index contributed by atoms with van der Waals surface area (Å²) in [6, 6.07) is 17.4. The smallest absolute Gasteiger partial charge is 0.193 e. The van der Waals surface area contributed by atoms with E-state index in [0.29, 0.717) is 5.92 Å². The lowest BCUT2D eigenvalue weighted by molar-refractivity contribution is 0.486. The van der Waals surface area contributed by atoms with Crippen LogP contribution in [0.5, 0.6) is 0 Å². The molecule has 0 amide bonds. The van der Waals surface area contributed by atoms with Gasteiger partial charge in [0.25, 0.3) is 0 Å². The van der Waals surface area contributed by atoms with Crippen molar-refractivity contribution >= 4 is 29.9 Å². The first-order valence-corrected chi connectivity index (χ1v) is 8.51. The Morgan fingerprint density at radius 1 is 1.20 bits per heavy atom. The summed E-state index contributed by atoms with van der Waals surface area (Å²) < 4.78 is 13.2. The Morgan fingerprint density at radius 2 is 2.00 bits per heavy atom. The van der Waals surface area contributed by atoms with Crippen molar-refractivity contribution in [1.82, 2.24) is 10.2 Å². The van der Waals surface area contributed by atoms with Crippen LogP contribution < -0.4 is 5.32 Å². The van der Waals surface area contributed by atoms with Crippen LogP contribution in [0.15, 0.2) is 59.6 Å². The van der Waals surface area contributed by atoms with Gasteiger partial charge in [-0.1, -0.05) is 42.5 Å². The Kier molecular flexibility index (Phi) is 7.68. The van der Waals surface area contributed by atoms with Crippen LogP contribution in [0.2, 0.25) is 0 Å². The number of likely N-dealkylation sites (tertiary alicyclic amines) is 1. The van der Waals surface area contributed by atoms with Gasteiger partial charge in [0, 0.05) is 32.6 Å². The normalized spacial score (nSPS) is 17.3. The van der Waals surface area contributed by atoms with Gasteiger partial charge in [0.2, 0.25) is 0 Å². The summed E-state index contributed by atoms with van der Waals surface area (Å²) >= 11 is 0. The lowest BCUT2D eigenvalue weighted by atomic mass is 9.99. The zero-order chi connectivity index (χ0) is 16.8. The van der Waals surface area contributed by atoms with Crippen LogP contribution >= 0.6 is 24.0 Å². The summed E-state index contributed by atoms with van der Waals surface area (Å²) in [6.07, 6.45) is 1.93. The van der Waals surface area contributed by atoms with Gasteiger partial charge in [0.05, 0.1) is 0 Å². The van der Waals surface area contributed by atoms with Gasteiger partial charge in [-0.25, -0.2) is 4.39 Å². The highest BCUT2D eigenvalue weighted by Gasteiger charge is 2.25. The summed E-state index contributed by atoms with van der Waals surface area (Å²) in [5, 5.41) is 3.40. The summed E-state index contributed by atoms with van der Waals surface area (Å²) in [6.45, 7) is 2.76. The van der Waals surface area contributed by atoms with E-state index in [0.717, 1.165) is 44.0 Å². The predicted molar refractivity (Wildman–Crippen MR) is 112 cm³/mol. The third-order valence-electron chi connectivity index (χ3n) is 4.56. The van der Waals surface area contributed by atoms with Crippen LogP contribution in [0.4, 0.5) is 4.39 Å². The Labute approximate surface area is 166 Å². The van der Waals surface area contributed by atoms with Gasteiger partial charge in [0.15, 0.2) is 5.96 Å². The van der Waals surface area contributed by atoms with Crippen LogP contribution in [0.1, 0.15) is 23.5 Å². The molecule has 2 aromatic carbocycles. The minimum absolute atomic E-state index is 0. The first kappa shape index (κ1) is 19.7. The number of nitrogens with zero attached hydrogens (tertiary/aromatic N) is 2. The average Bonchev–Trinajstić information content (AvgIpc) is 3.09. The van der Waals surface area contributed by atoms with E-state index in [-0.39, 0.29) is 29.8 Å². The highest BCUT2D eigenvalue weighted by molar-refractivity contribution is 14.0. The number of nitrogens with one attached hydrogen (secondary N) is 1. The molecular formula is C20H25FIN3. The molecule has 1 aliphatic rings. The standard InChI is InChI=1S/C20H24FN3.HI/c1-22-20(23-12-10-16-6-5-9-19(21)14-16)24-13-11-18(15-24)17-7-3-2-4-8-17;/h2-9,14,18H,10-13,15H2,1H3,(H,22,23);1H. The third-order valence-corrected chi connectivity index (χ3v) is 4.56. The van der Waals surface area contributed by atoms with Gasteiger partial charge in [-0.2, -0.15) is 0 Å². The Hall–Kier alpha value is -1.63. The molecule has 1 fully saturated rings. The molecule has 5 heteroatoms. The quantitative estimate of drug-likeness (QED) is 0.430. The predicted octanol–water partition coefficient (Wildman–Crippen LogP) is 4.05. The Morgan fingerprint density at radius 3 is 2.72 bits per heavy atom. The SMILES string of the molecule is CN=C(NCCc1cccc(F)c1)N1CCC(c2ccccc2)C1.I. The maximum absolute atomic E-state index is 13.2. The van der Waals surface area contributed by atoms with Gasteiger partial charge in [0.1, 0.15) is 5.82 Å². The maximum Gasteiger partial charge on any atom is 0.193 e. The van der Waals surface area contributed by atoms with Gasteiger partial charge >= 0.3 is 0 Å². The lowest BCUT2D eigenvalue weighted by Crippen LogP contribution is -2.40. The van der Waals surface area contributed by atoms with Crippen molar-refractivity contribution in [3.05, 3.63) is 71.5 Å². The van der Waals surface area contributed by atoms with E-state index < -0.39 is 0 Å².